The maximum absolute atomic E-state index is 12.3. The molecule has 0 aliphatic rings. The molecule has 3 aromatic rings. The maximum atomic E-state index is 12.3. The molecule has 0 bridgehead atoms. The number of rotatable bonds is 9. The van der Waals surface area contributed by atoms with Crippen LogP contribution in [-0.2, 0) is 4.79 Å². The monoisotopic (exact) mass is 511 g/mol. The van der Waals surface area contributed by atoms with Gasteiger partial charge in [-0.3, -0.25) is 9.59 Å². The zero-order valence-electron chi connectivity index (χ0n) is 18.0. The Balaban J connectivity index is 1.48. The van der Waals surface area contributed by atoms with E-state index < -0.39 is 5.91 Å². The molecule has 2 N–H and O–H groups in total. The fraction of sp³-hybridized carbons (Fsp3) is 0.125. The van der Waals surface area contributed by atoms with Crippen molar-refractivity contribution in [3.8, 4) is 17.2 Å². The van der Waals surface area contributed by atoms with Gasteiger partial charge in [0.05, 0.1) is 26.0 Å². The summed E-state index contributed by atoms with van der Waals surface area (Å²) in [6, 6.07) is 19.1. The van der Waals surface area contributed by atoms with Gasteiger partial charge in [0.2, 0.25) is 0 Å². The number of hydrazone groups is 1. The molecule has 0 aliphatic carbocycles. The van der Waals surface area contributed by atoms with Crippen LogP contribution < -0.4 is 25.0 Å². The van der Waals surface area contributed by atoms with Gasteiger partial charge in [0.15, 0.2) is 6.61 Å². The number of anilines is 1. The maximum Gasteiger partial charge on any atom is 0.275 e. The Hall–Kier alpha value is -3.85. The van der Waals surface area contributed by atoms with Crippen LogP contribution in [0.15, 0.2) is 76.3 Å². The predicted molar refractivity (Wildman–Crippen MR) is 129 cm³/mol. The van der Waals surface area contributed by atoms with Crippen LogP contribution in [0.2, 0.25) is 0 Å². The highest BCUT2D eigenvalue weighted by Crippen LogP contribution is 2.22. The Kier molecular flexibility index (Phi) is 8.43. The average molecular weight is 512 g/mol. The van der Waals surface area contributed by atoms with E-state index in [1.807, 2.05) is 0 Å². The lowest BCUT2D eigenvalue weighted by Gasteiger charge is -2.08. The lowest BCUT2D eigenvalue weighted by Crippen LogP contribution is -2.20. The Labute approximate surface area is 199 Å². The van der Waals surface area contributed by atoms with Gasteiger partial charge in [0, 0.05) is 10.2 Å². The smallest absolute Gasteiger partial charge is 0.275 e. The van der Waals surface area contributed by atoms with Crippen molar-refractivity contribution in [3.63, 3.8) is 0 Å². The summed E-state index contributed by atoms with van der Waals surface area (Å²) >= 11 is 3.33. The zero-order valence-corrected chi connectivity index (χ0v) is 19.6. The van der Waals surface area contributed by atoms with Gasteiger partial charge in [-0.15, -0.1) is 0 Å². The molecule has 0 aromatic heterocycles. The molecular formula is C24H22BrN3O5. The Morgan fingerprint density at radius 3 is 2.30 bits per heavy atom. The van der Waals surface area contributed by atoms with Gasteiger partial charge in [0.1, 0.15) is 17.2 Å². The highest BCUT2D eigenvalue weighted by Gasteiger charge is 2.12. The number of hydrogen-bond donors (Lipinski definition) is 2. The Morgan fingerprint density at radius 2 is 1.64 bits per heavy atom. The van der Waals surface area contributed by atoms with Crippen molar-refractivity contribution in [2.45, 2.75) is 0 Å². The fourth-order valence-corrected chi connectivity index (χ4v) is 3.11. The van der Waals surface area contributed by atoms with E-state index in [1.54, 1.807) is 73.8 Å². The van der Waals surface area contributed by atoms with Crippen molar-refractivity contribution in [2.75, 3.05) is 26.1 Å². The molecule has 0 unspecified atom stereocenters. The number of carbonyl (C=O) groups is 2. The number of ether oxygens (including phenoxy) is 3. The van der Waals surface area contributed by atoms with Crippen molar-refractivity contribution >= 4 is 39.6 Å². The van der Waals surface area contributed by atoms with Crippen molar-refractivity contribution in [1.29, 1.82) is 0 Å². The average Bonchev–Trinajstić information content (AvgIpc) is 2.84. The molecule has 0 fully saturated rings. The molecule has 0 heterocycles. The van der Waals surface area contributed by atoms with Crippen molar-refractivity contribution in [1.82, 2.24) is 5.43 Å². The number of carbonyl (C=O) groups excluding carboxylic acids is 2. The number of amides is 2. The highest BCUT2D eigenvalue weighted by molar-refractivity contribution is 9.10. The van der Waals surface area contributed by atoms with Crippen LogP contribution in [0, 0.1) is 0 Å². The molecule has 2 amide bonds. The van der Waals surface area contributed by atoms with Gasteiger partial charge in [-0.25, -0.2) is 5.43 Å². The Morgan fingerprint density at radius 1 is 0.939 bits per heavy atom. The standard InChI is InChI=1S/C24H22BrN3O5/c1-31-19-10-6-18(7-11-19)27-23(29)15-33-20-8-3-16(4-9-20)14-26-28-24(30)21-13-17(25)5-12-22(21)32-2/h3-14H,15H2,1-2H3,(H,27,29)(H,28,30)/b26-14-. The van der Waals surface area contributed by atoms with Gasteiger partial charge in [-0.2, -0.15) is 5.10 Å². The summed E-state index contributed by atoms with van der Waals surface area (Å²) in [5.41, 5.74) is 4.23. The van der Waals surface area contributed by atoms with Gasteiger partial charge >= 0.3 is 0 Å². The molecule has 0 spiro atoms. The summed E-state index contributed by atoms with van der Waals surface area (Å²) in [6.45, 7) is -0.135. The minimum atomic E-state index is -0.396. The van der Waals surface area contributed by atoms with Gasteiger partial charge in [0.25, 0.3) is 11.8 Å². The Bertz CT molecular complexity index is 1130. The number of halogens is 1. The van der Waals surface area contributed by atoms with Crippen LogP contribution in [0.3, 0.4) is 0 Å². The van der Waals surface area contributed by atoms with Crippen LogP contribution >= 0.6 is 15.9 Å². The second-order valence-corrected chi connectivity index (χ2v) is 7.59. The molecule has 0 saturated carbocycles. The molecule has 3 aromatic carbocycles. The molecule has 3 rings (SSSR count). The first kappa shape index (κ1) is 23.8. The van der Waals surface area contributed by atoms with Gasteiger partial charge < -0.3 is 19.5 Å². The quantitative estimate of drug-likeness (QED) is 0.330. The molecule has 33 heavy (non-hydrogen) atoms. The second kappa shape index (κ2) is 11.7. The summed E-state index contributed by atoms with van der Waals surface area (Å²) < 4.78 is 16.5. The van der Waals surface area contributed by atoms with Crippen molar-refractivity contribution < 1.29 is 23.8 Å². The molecule has 9 heteroatoms. The number of nitrogens with one attached hydrogen (secondary N) is 2. The topological polar surface area (TPSA) is 98.3 Å². The van der Waals surface area contributed by atoms with E-state index in [0.717, 1.165) is 10.0 Å². The molecule has 0 radical (unpaired) electrons. The van der Waals surface area contributed by atoms with Crippen LogP contribution in [0.1, 0.15) is 15.9 Å². The van der Waals surface area contributed by atoms with Crippen LogP contribution in [-0.4, -0.2) is 38.9 Å². The van der Waals surface area contributed by atoms with E-state index in [-0.39, 0.29) is 12.5 Å². The summed E-state index contributed by atoms with van der Waals surface area (Å²) in [7, 11) is 3.07. The fourth-order valence-electron chi connectivity index (χ4n) is 2.75. The van der Waals surface area contributed by atoms with E-state index in [4.69, 9.17) is 14.2 Å². The van der Waals surface area contributed by atoms with Crippen LogP contribution in [0.25, 0.3) is 0 Å². The van der Waals surface area contributed by atoms with Crippen molar-refractivity contribution in [2.24, 2.45) is 5.10 Å². The summed E-state index contributed by atoms with van der Waals surface area (Å²) in [6.07, 6.45) is 1.50. The minimum Gasteiger partial charge on any atom is -0.497 e. The van der Waals surface area contributed by atoms with E-state index in [2.05, 4.69) is 31.8 Å². The first-order valence-electron chi connectivity index (χ1n) is 9.82. The number of nitrogens with zero attached hydrogens (tertiary/aromatic N) is 1. The summed E-state index contributed by atoms with van der Waals surface area (Å²) in [5.74, 6) is 1.01. The SMILES string of the molecule is COc1ccc(NC(=O)COc2ccc(/C=N\NC(=O)c3cc(Br)ccc3OC)cc2)cc1. The molecule has 0 saturated heterocycles. The molecule has 8 nitrogen and oxygen atoms in total. The third-order valence-corrected chi connectivity index (χ3v) is 4.90. The second-order valence-electron chi connectivity index (χ2n) is 6.68. The molecule has 0 aliphatic heterocycles. The van der Waals surface area contributed by atoms with E-state index in [9.17, 15) is 9.59 Å². The van der Waals surface area contributed by atoms with Gasteiger partial charge in [-0.1, -0.05) is 15.9 Å². The molecular weight excluding hydrogens is 490 g/mol. The normalized spacial score (nSPS) is 10.5. The number of benzene rings is 3. The van der Waals surface area contributed by atoms with E-state index >= 15 is 0 Å². The van der Waals surface area contributed by atoms with E-state index in [0.29, 0.717) is 28.5 Å². The molecule has 0 atom stereocenters. The minimum absolute atomic E-state index is 0.135. The lowest BCUT2D eigenvalue weighted by molar-refractivity contribution is -0.118. The number of hydrogen-bond acceptors (Lipinski definition) is 6. The van der Waals surface area contributed by atoms with E-state index in [1.165, 1.54) is 13.3 Å². The van der Waals surface area contributed by atoms with Crippen LogP contribution in [0.5, 0.6) is 17.2 Å². The predicted octanol–water partition coefficient (Wildman–Crippen LogP) is 4.25. The third kappa shape index (κ3) is 7.08. The van der Waals surface area contributed by atoms with Crippen LogP contribution in [0.4, 0.5) is 5.69 Å². The first-order chi connectivity index (χ1) is 16.0. The largest absolute Gasteiger partial charge is 0.497 e. The molecule has 170 valence electrons. The summed E-state index contributed by atoms with van der Waals surface area (Å²) in [5, 5.41) is 6.72. The highest BCUT2D eigenvalue weighted by atomic mass is 79.9. The van der Waals surface area contributed by atoms with Crippen molar-refractivity contribution in [3.05, 3.63) is 82.3 Å². The van der Waals surface area contributed by atoms with Gasteiger partial charge in [-0.05, 0) is 72.3 Å². The first-order valence-corrected chi connectivity index (χ1v) is 10.6. The third-order valence-electron chi connectivity index (χ3n) is 4.41. The summed E-state index contributed by atoms with van der Waals surface area (Å²) in [4.78, 5) is 24.4. The lowest BCUT2D eigenvalue weighted by atomic mass is 10.2. The number of methoxy groups -OCH3 is 2. The zero-order chi connectivity index (χ0) is 23.6.